The molecule has 0 unspecified atom stereocenters. The van der Waals surface area contributed by atoms with Crippen molar-refractivity contribution in [2.75, 3.05) is 0 Å². The fourth-order valence-corrected chi connectivity index (χ4v) is 2.59. The lowest BCUT2D eigenvalue weighted by molar-refractivity contribution is -0.137. The third kappa shape index (κ3) is 2.83. The summed E-state index contributed by atoms with van der Waals surface area (Å²) in [5, 5.41) is 0.413. The standard InChI is InChI=1S/C16H10BrF3N2/c17-9-14-15(22-13-7-2-1-6-12(13)21-14)10-4-3-5-11(8-10)16(18,19)20/h1-8H,9H2. The van der Waals surface area contributed by atoms with Gasteiger partial charge in [-0.05, 0) is 24.3 Å². The van der Waals surface area contributed by atoms with Crippen molar-refractivity contribution in [2.45, 2.75) is 11.5 Å². The Kier molecular flexibility index (Phi) is 3.87. The maximum atomic E-state index is 12.9. The Labute approximate surface area is 133 Å². The number of para-hydroxylation sites is 2. The van der Waals surface area contributed by atoms with E-state index in [1.807, 2.05) is 18.2 Å². The first-order valence-electron chi connectivity index (χ1n) is 6.48. The van der Waals surface area contributed by atoms with Crippen LogP contribution in [0.3, 0.4) is 0 Å². The number of rotatable bonds is 2. The van der Waals surface area contributed by atoms with E-state index < -0.39 is 11.7 Å². The molecule has 3 rings (SSSR count). The summed E-state index contributed by atoms with van der Waals surface area (Å²) in [4.78, 5) is 8.95. The molecule has 6 heteroatoms. The molecule has 0 aliphatic rings. The van der Waals surface area contributed by atoms with Crippen LogP contribution in [0.2, 0.25) is 0 Å². The molecule has 0 atom stereocenters. The van der Waals surface area contributed by atoms with Crippen LogP contribution in [0.5, 0.6) is 0 Å². The summed E-state index contributed by atoms with van der Waals surface area (Å²) in [5.41, 5.74) is 2.15. The molecular formula is C16H10BrF3N2. The molecule has 0 spiro atoms. The maximum absolute atomic E-state index is 12.9. The molecule has 0 amide bonds. The van der Waals surface area contributed by atoms with Crippen molar-refractivity contribution in [3.05, 3.63) is 59.8 Å². The number of halogens is 4. The first-order valence-corrected chi connectivity index (χ1v) is 7.60. The SMILES string of the molecule is FC(F)(F)c1cccc(-c2nc3ccccc3nc2CBr)c1. The van der Waals surface area contributed by atoms with Crippen LogP contribution >= 0.6 is 15.9 Å². The van der Waals surface area contributed by atoms with Gasteiger partial charge in [0, 0.05) is 10.9 Å². The van der Waals surface area contributed by atoms with Crippen molar-refractivity contribution < 1.29 is 13.2 Å². The van der Waals surface area contributed by atoms with E-state index in [0.29, 0.717) is 33.3 Å². The van der Waals surface area contributed by atoms with Gasteiger partial charge in [-0.15, -0.1) is 0 Å². The quantitative estimate of drug-likeness (QED) is 0.581. The zero-order valence-corrected chi connectivity index (χ0v) is 12.8. The Morgan fingerprint density at radius 3 is 2.23 bits per heavy atom. The van der Waals surface area contributed by atoms with E-state index in [0.717, 1.165) is 12.1 Å². The van der Waals surface area contributed by atoms with Gasteiger partial charge in [0.25, 0.3) is 0 Å². The maximum Gasteiger partial charge on any atom is 0.416 e. The number of hydrogen-bond donors (Lipinski definition) is 0. The van der Waals surface area contributed by atoms with Crippen molar-refractivity contribution in [1.82, 2.24) is 9.97 Å². The molecule has 1 heterocycles. The Morgan fingerprint density at radius 2 is 1.59 bits per heavy atom. The van der Waals surface area contributed by atoms with Gasteiger partial charge < -0.3 is 0 Å². The molecule has 3 aromatic rings. The first-order chi connectivity index (χ1) is 10.5. The molecule has 112 valence electrons. The van der Waals surface area contributed by atoms with Gasteiger partial charge in [-0.25, -0.2) is 9.97 Å². The van der Waals surface area contributed by atoms with Crippen molar-refractivity contribution >= 4 is 27.0 Å². The van der Waals surface area contributed by atoms with E-state index in [4.69, 9.17) is 0 Å². The van der Waals surface area contributed by atoms with Gasteiger partial charge in [0.1, 0.15) is 0 Å². The topological polar surface area (TPSA) is 25.8 Å². The zero-order valence-electron chi connectivity index (χ0n) is 11.2. The Balaban J connectivity index is 2.21. The minimum Gasteiger partial charge on any atom is -0.248 e. The molecule has 0 N–H and O–H groups in total. The monoisotopic (exact) mass is 366 g/mol. The average Bonchev–Trinajstić information content (AvgIpc) is 2.53. The summed E-state index contributed by atoms with van der Waals surface area (Å²) in [5.74, 6) is 0. The number of nitrogens with zero attached hydrogens (tertiary/aromatic N) is 2. The third-order valence-corrected chi connectivity index (χ3v) is 3.76. The van der Waals surface area contributed by atoms with Gasteiger partial charge in [0.15, 0.2) is 0 Å². The lowest BCUT2D eigenvalue weighted by Crippen LogP contribution is -2.05. The van der Waals surface area contributed by atoms with E-state index >= 15 is 0 Å². The fraction of sp³-hybridized carbons (Fsp3) is 0.125. The van der Waals surface area contributed by atoms with Crippen molar-refractivity contribution in [2.24, 2.45) is 0 Å². The third-order valence-electron chi connectivity index (χ3n) is 3.23. The lowest BCUT2D eigenvalue weighted by Gasteiger charge is -2.11. The van der Waals surface area contributed by atoms with Crippen LogP contribution in [0.4, 0.5) is 13.2 Å². The molecule has 1 aromatic heterocycles. The van der Waals surface area contributed by atoms with Crippen molar-refractivity contribution in [3.8, 4) is 11.3 Å². The Morgan fingerprint density at radius 1 is 0.909 bits per heavy atom. The van der Waals surface area contributed by atoms with Crippen LogP contribution < -0.4 is 0 Å². The highest BCUT2D eigenvalue weighted by Crippen LogP contribution is 2.33. The molecule has 0 saturated carbocycles. The van der Waals surface area contributed by atoms with Crippen LogP contribution in [-0.4, -0.2) is 9.97 Å². The highest BCUT2D eigenvalue weighted by Gasteiger charge is 2.30. The van der Waals surface area contributed by atoms with Gasteiger partial charge in [-0.2, -0.15) is 13.2 Å². The van der Waals surface area contributed by atoms with Crippen LogP contribution in [-0.2, 0) is 11.5 Å². The average molecular weight is 367 g/mol. The minimum absolute atomic E-state index is 0.405. The Hall–Kier alpha value is -1.95. The van der Waals surface area contributed by atoms with Crippen LogP contribution in [0, 0.1) is 0 Å². The number of hydrogen-bond acceptors (Lipinski definition) is 2. The molecule has 0 bridgehead atoms. The predicted octanol–water partition coefficient (Wildman–Crippen LogP) is 5.21. The van der Waals surface area contributed by atoms with Crippen molar-refractivity contribution in [3.63, 3.8) is 0 Å². The van der Waals surface area contributed by atoms with Gasteiger partial charge in [0.05, 0.1) is 28.0 Å². The first kappa shape index (κ1) is 15.0. The molecule has 0 saturated heterocycles. The van der Waals surface area contributed by atoms with E-state index in [2.05, 4.69) is 25.9 Å². The summed E-state index contributed by atoms with van der Waals surface area (Å²) < 4.78 is 38.6. The normalized spacial score (nSPS) is 11.8. The molecule has 0 fully saturated rings. The summed E-state index contributed by atoms with van der Waals surface area (Å²) in [6, 6.07) is 12.4. The van der Waals surface area contributed by atoms with Gasteiger partial charge >= 0.3 is 6.18 Å². The van der Waals surface area contributed by atoms with E-state index in [9.17, 15) is 13.2 Å². The number of aromatic nitrogens is 2. The summed E-state index contributed by atoms with van der Waals surface area (Å²) in [6.07, 6.45) is -4.38. The van der Waals surface area contributed by atoms with Crippen LogP contribution in [0.1, 0.15) is 11.3 Å². The molecule has 0 aliphatic heterocycles. The van der Waals surface area contributed by atoms with Gasteiger partial charge in [-0.3, -0.25) is 0 Å². The molecule has 0 radical (unpaired) electrons. The van der Waals surface area contributed by atoms with Gasteiger partial charge in [0.2, 0.25) is 0 Å². The largest absolute Gasteiger partial charge is 0.416 e. The number of fused-ring (bicyclic) bond motifs is 1. The second-order valence-electron chi connectivity index (χ2n) is 4.72. The highest BCUT2D eigenvalue weighted by atomic mass is 79.9. The zero-order chi connectivity index (χ0) is 15.7. The molecule has 22 heavy (non-hydrogen) atoms. The van der Waals surface area contributed by atoms with E-state index in [-0.39, 0.29) is 0 Å². The molecule has 2 aromatic carbocycles. The second kappa shape index (κ2) is 5.68. The van der Waals surface area contributed by atoms with Crippen molar-refractivity contribution in [1.29, 1.82) is 0 Å². The molecular weight excluding hydrogens is 357 g/mol. The predicted molar refractivity (Wildman–Crippen MR) is 82.6 cm³/mol. The smallest absolute Gasteiger partial charge is 0.248 e. The van der Waals surface area contributed by atoms with Crippen LogP contribution in [0.15, 0.2) is 48.5 Å². The fourth-order valence-electron chi connectivity index (χ4n) is 2.20. The second-order valence-corrected chi connectivity index (χ2v) is 5.28. The van der Waals surface area contributed by atoms with E-state index in [1.54, 1.807) is 12.1 Å². The number of benzene rings is 2. The molecule has 2 nitrogen and oxygen atoms in total. The summed E-state index contributed by atoms with van der Waals surface area (Å²) in [7, 11) is 0. The summed E-state index contributed by atoms with van der Waals surface area (Å²) >= 11 is 3.32. The Bertz CT molecular complexity index is 831. The molecule has 0 aliphatic carbocycles. The van der Waals surface area contributed by atoms with Crippen LogP contribution in [0.25, 0.3) is 22.3 Å². The van der Waals surface area contributed by atoms with Gasteiger partial charge in [-0.1, -0.05) is 40.2 Å². The minimum atomic E-state index is -4.38. The number of alkyl halides is 4. The van der Waals surface area contributed by atoms with E-state index in [1.165, 1.54) is 6.07 Å². The highest BCUT2D eigenvalue weighted by molar-refractivity contribution is 9.08. The lowest BCUT2D eigenvalue weighted by atomic mass is 10.1. The summed E-state index contributed by atoms with van der Waals surface area (Å²) in [6.45, 7) is 0.